The van der Waals surface area contributed by atoms with Crippen molar-refractivity contribution in [3.63, 3.8) is 0 Å². The van der Waals surface area contributed by atoms with Crippen LogP contribution < -0.4 is 5.56 Å². The molecule has 1 aromatic heterocycles. The van der Waals surface area contributed by atoms with Crippen molar-refractivity contribution in [2.24, 2.45) is 5.92 Å². The molecule has 0 aliphatic carbocycles. The molecule has 0 aliphatic heterocycles. The lowest BCUT2D eigenvalue weighted by atomic mass is 10.1. The van der Waals surface area contributed by atoms with Crippen molar-refractivity contribution in [2.45, 2.75) is 33.2 Å². The average molecular weight is 249 g/mol. The average Bonchev–Trinajstić information content (AvgIpc) is 2.13. The van der Waals surface area contributed by atoms with E-state index in [0.29, 0.717) is 5.92 Å². The molecule has 84 valence electrons. The van der Waals surface area contributed by atoms with Crippen LogP contribution in [0, 0.1) is 5.92 Å². The molecule has 1 aromatic rings. The summed E-state index contributed by atoms with van der Waals surface area (Å²) in [7, 11) is 0. The van der Waals surface area contributed by atoms with E-state index in [1.807, 2.05) is 6.92 Å². The van der Waals surface area contributed by atoms with Gasteiger partial charge in [-0.15, -0.1) is 0 Å². The number of aromatic nitrogens is 2. The highest BCUT2D eigenvalue weighted by Gasteiger charge is 2.13. The van der Waals surface area contributed by atoms with Gasteiger partial charge in [-0.2, -0.15) is 0 Å². The van der Waals surface area contributed by atoms with Crippen LogP contribution >= 0.6 is 23.2 Å². The molecule has 1 atom stereocenters. The Labute approximate surface area is 99.0 Å². The standard InChI is InChI=1S/C10H14Cl2N2O/c1-6(2)4-7(3)14-5-13-9(12)8(11)10(14)15/h5-7H,4H2,1-3H3. The molecule has 1 unspecified atom stereocenters. The number of halogens is 2. The Morgan fingerprint density at radius 3 is 2.53 bits per heavy atom. The number of hydrogen-bond acceptors (Lipinski definition) is 2. The van der Waals surface area contributed by atoms with Gasteiger partial charge in [-0.05, 0) is 19.3 Å². The summed E-state index contributed by atoms with van der Waals surface area (Å²) in [6.45, 7) is 6.17. The van der Waals surface area contributed by atoms with Crippen molar-refractivity contribution in [1.82, 2.24) is 9.55 Å². The molecule has 5 heteroatoms. The van der Waals surface area contributed by atoms with E-state index in [2.05, 4.69) is 18.8 Å². The maximum Gasteiger partial charge on any atom is 0.273 e. The van der Waals surface area contributed by atoms with Gasteiger partial charge in [0.15, 0.2) is 5.15 Å². The van der Waals surface area contributed by atoms with Crippen molar-refractivity contribution in [3.8, 4) is 0 Å². The normalized spacial score (nSPS) is 13.2. The Bertz CT molecular complexity index is 401. The van der Waals surface area contributed by atoms with E-state index in [0.717, 1.165) is 6.42 Å². The highest BCUT2D eigenvalue weighted by molar-refractivity contribution is 6.40. The van der Waals surface area contributed by atoms with Gasteiger partial charge in [-0.1, -0.05) is 37.0 Å². The number of hydrogen-bond donors (Lipinski definition) is 0. The summed E-state index contributed by atoms with van der Waals surface area (Å²) in [4.78, 5) is 15.6. The van der Waals surface area contributed by atoms with Crippen LogP contribution in [0.2, 0.25) is 10.2 Å². The molecule has 0 aromatic carbocycles. The minimum Gasteiger partial charge on any atom is -0.295 e. The molecule has 15 heavy (non-hydrogen) atoms. The van der Waals surface area contributed by atoms with Crippen molar-refractivity contribution >= 4 is 23.2 Å². The highest BCUT2D eigenvalue weighted by atomic mass is 35.5. The molecule has 3 nitrogen and oxygen atoms in total. The zero-order valence-electron chi connectivity index (χ0n) is 9.00. The lowest BCUT2D eigenvalue weighted by Gasteiger charge is -2.16. The van der Waals surface area contributed by atoms with Crippen LogP contribution in [0.5, 0.6) is 0 Å². The third-order valence-corrected chi connectivity index (χ3v) is 2.91. The summed E-state index contributed by atoms with van der Waals surface area (Å²) in [6, 6.07) is 0.0831. The predicted molar refractivity (Wildman–Crippen MR) is 62.7 cm³/mol. The zero-order valence-corrected chi connectivity index (χ0v) is 10.5. The van der Waals surface area contributed by atoms with Gasteiger partial charge in [0.25, 0.3) is 5.56 Å². The van der Waals surface area contributed by atoms with Crippen LogP contribution in [0.1, 0.15) is 33.2 Å². The Hall–Kier alpha value is -0.540. The molecule has 0 saturated heterocycles. The molecule has 0 aliphatic rings. The van der Waals surface area contributed by atoms with Crippen LogP contribution in [0.3, 0.4) is 0 Å². The van der Waals surface area contributed by atoms with Crippen LogP contribution in [-0.2, 0) is 0 Å². The van der Waals surface area contributed by atoms with E-state index < -0.39 is 0 Å². The second kappa shape index (κ2) is 4.99. The fraction of sp³-hybridized carbons (Fsp3) is 0.600. The first-order valence-electron chi connectivity index (χ1n) is 4.85. The van der Waals surface area contributed by atoms with Crippen molar-refractivity contribution in [3.05, 3.63) is 26.9 Å². The summed E-state index contributed by atoms with van der Waals surface area (Å²) >= 11 is 11.4. The number of rotatable bonds is 3. The Morgan fingerprint density at radius 2 is 2.00 bits per heavy atom. The fourth-order valence-electron chi connectivity index (χ4n) is 1.53. The van der Waals surface area contributed by atoms with Crippen molar-refractivity contribution in [1.29, 1.82) is 0 Å². The molecule has 0 saturated carbocycles. The van der Waals surface area contributed by atoms with E-state index in [4.69, 9.17) is 23.2 Å². The van der Waals surface area contributed by atoms with E-state index >= 15 is 0 Å². The van der Waals surface area contributed by atoms with Gasteiger partial charge in [0.2, 0.25) is 0 Å². The first kappa shape index (κ1) is 12.5. The molecule has 0 N–H and O–H groups in total. The van der Waals surface area contributed by atoms with Crippen LogP contribution in [0.4, 0.5) is 0 Å². The van der Waals surface area contributed by atoms with Crippen molar-refractivity contribution < 1.29 is 0 Å². The van der Waals surface area contributed by atoms with Crippen molar-refractivity contribution in [2.75, 3.05) is 0 Å². The first-order valence-corrected chi connectivity index (χ1v) is 5.61. The summed E-state index contributed by atoms with van der Waals surface area (Å²) in [5, 5.41) is 0.0597. The van der Waals surface area contributed by atoms with Gasteiger partial charge in [0, 0.05) is 6.04 Å². The largest absolute Gasteiger partial charge is 0.295 e. The summed E-state index contributed by atoms with van der Waals surface area (Å²) in [5.41, 5.74) is -0.273. The minimum absolute atomic E-state index is 0.00484. The molecule has 0 bridgehead atoms. The van der Waals surface area contributed by atoms with Gasteiger partial charge < -0.3 is 0 Å². The van der Waals surface area contributed by atoms with Gasteiger partial charge in [0.1, 0.15) is 5.02 Å². The molecule has 1 heterocycles. The lowest BCUT2D eigenvalue weighted by molar-refractivity contribution is 0.415. The third kappa shape index (κ3) is 2.95. The molecular formula is C10H14Cl2N2O. The summed E-state index contributed by atoms with van der Waals surface area (Å²) in [6.07, 6.45) is 2.35. The molecule has 0 spiro atoms. The van der Waals surface area contributed by atoms with Gasteiger partial charge in [-0.3, -0.25) is 9.36 Å². The van der Waals surface area contributed by atoms with Crippen LogP contribution in [-0.4, -0.2) is 9.55 Å². The molecule has 0 fully saturated rings. The zero-order chi connectivity index (χ0) is 11.6. The predicted octanol–water partition coefficient (Wildman–Crippen LogP) is 3.16. The Balaban J connectivity index is 3.06. The summed E-state index contributed by atoms with van der Waals surface area (Å²) in [5.74, 6) is 0.515. The fourth-order valence-corrected chi connectivity index (χ4v) is 1.80. The topological polar surface area (TPSA) is 34.9 Å². The van der Waals surface area contributed by atoms with E-state index in [1.165, 1.54) is 10.9 Å². The molecule has 1 rings (SSSR count). The van der Waals surface area contributed by atoms with Gasteiger partial charge >= 0.3 is 0 Å². The highest BCUT2D eigenvalue weighted by Crippen LogP contribution is 2.18. The second-order valence-electron chi connectivity index (χ2n) is 4.04. The lowest BCUT2D eigenvalue weighted by Crippen LogP contribution is -2.25. The Morgan fingerprint density at radius 1 is 1.40 bits per heavy atom. The SMILES string of the molecule is CC(C)CC(C)n1cnc(Cl)c(Cl)c1=O. The van der Waals surface area contributed by atoms with E-state index in [9.17, 15) is 4.79 Å². The maximum absolute atomic E-state index is 11.7. The monoisotopic (exact) mass is 248 g/mol. The molecular weight excluding hydrogens is 235 g/mol. The van der Waals surface area contributed by atoms with Gasteiger partial charge in [0.05, 0.1) is 6.33 Å². The number of nitrogens with zero attached hydrogens (tertiary/aromatic N) is 2. The smallest absolute Gasteiger partial charge is 0.273 e. The quantitative estimate of drug-likeness (QED) is 0.771. The van der Waals surface area contributed by atoms with Gasteiger partial charge in [-0.25, -0.2) is 4.98 Å². The van der Waals surface area contributed by atoms with E-state index in [-0.39, 0.29) is 21.8 Å². The molecule has 0 amide bonds. The van der Waals surface area contributed by atoms with Crippen LogP contribution in [0.15, 0.2) is 11.1 Å². The minimum atomic E-state index is -0.273. The second-order valence-corrected chi connectivity index (χ2v) is 4.78. The Kier molecular flexibility index (Phi) is 4.17. The third-order valence-electron chi connectivity index (χ3n) is 2.19. The first-order chi connectivity index (χ1) is 6.93. The van der Waals surface area contributed by atoms with Crippen LogP contribution in [0.25, 0.3) is 0 Å². The van der Waals surface area contributed by atoms with E-state index in [1.54, 1.807) is 0 Å². The molecule has 0 radical (unpaired) electrons. The maximum atomic E-state index is 11.7. The summed E-state index contributed by atoms with van der Waals surface area (Å²) < 4.78 is 1.52.